The third kappa shape index (κ3) is 9.05. The third-order valence-corrected chi connectivity index (χ3v) is 4.22. The van der Waals surface area contributed by atoms with Gasteiger partial charge in [-0.3, -0.25) is 4.79 Å². The van der Waals surface area contributed by atoms with E-state index in [1.165, 1.54) is 5.56 Å². The Balaban J connectivity index is 0.000000504. The van der Waals surface area contributed by atoms with Crippen LogP contribution in [0, 0.1) is 0 Å². The van der Waals surface area contributed by atoms with E-state index in [1.807, 2.05) is 30.3 Å². The van der Waals surface area contributed by atoms with Crippen LogP contribution < -0.4 is 11.5 Å². The number of carbonyl (C=O) groups is 3. The number of rotatable bonds is 8. The van der Waals surface area contributed by atoms with Gasteiger partial charge in [0.25, 0.3) is 0 Å². The first-order valence-electron chi connectivity index (χ1n) is 7.01. The van der Waals surface area contributed by atoms with Crippen LogP contribution in [-0.2, 0) is 20.1 Å². The lowest BCUT2D eigenvalue weighted by molar-refractivity contribution is -0.165. The second-order valence-electron chi connectivity index (χ2n) is 5.33. The van der Waals surface area contributed by atoms with Crippen molar-refractivity contribution in [3.63, 3.8) is 0 Å². The molecule has 25 heavy (non-hydrogen) atoms. The molecule has 0 spiro atoms. The zero-order chi connectivity index (χ0) is 19.6. The van der Waals surface area contributed by atoms with Crippen LogP contribution >= 0.6 is 11.8 Å². The van der Waals surface area contributed by atoms with E-state index in [1.54, 1.807) is 18.7 Å². The van der Waals surface area contributed by atoms with Gasteiger partial charge in [-0.15, -0.1) is 0 Å². The average Bonchev–Trinajstić information content (AvgIpc) is 2.54. The molecule has 0 unspecified atom stereocenters. The maximum Gasteiger partial charge on any atom is 0.335 e. The van der Waals surface area contributed by atoms with E-state index in [9.17, 15) is 14.4 Å². The maximum atomic E-state index is 10.9. The molecule has 3 atom stereocenters. The smallest absolute Gasteiger partial charge is 0.335 e. The summed E-state index contributed by atoms with van der Waals surface area (Å²) in [5.74, 6) is -2.61. The second-order valence-corrected chi connectivity index (χ2v) is 6.31. The summed E-state index contributed by atoms with van der Waals surface area (Å²) in [7, 11) is 0. The fourth-order valence-electron chi connectivity index (χ4n) is 1.30. The summed E-state index contributed by atoms with van der Waals surface area (Å²) >= 11 is 1.62. The van der Waals surface area contributed by atoms with Crippen molar-refractivity contribution in [1.29, 1.82) is 0 Å². The first-order chi connectivity index (χ1) is 11.5. The number of amides is 1. The van der Waals surface area contributed by atoms with Gasteiger partial charge in [-0.25, -0.2) is 9.59 Å². The van der Waals surface area contributed by atoms with Crippen LogP contribution in [-0.4, -0.2) is 61.8 Å². The molecule has 0 heterocycles. The molecule has 0 fully saturated rings. The number of primary amides is 1. The van der Waals surface area contributed by atoms with E-state index in [2.05, 4.69) is 0 Å². The number of thioether (sulfide) groups is 1. The molecule has 1 aromatic rings. The molecule has 10 heteroatoms. The second kappa shape index (κ2) is 10.7. The molecular formula is C15H22N2O7S. The Labute approximate surface area is 148 Å². The number of aliphatic hydroxyl groups excluding tert-OH is 2. The topological polar surface area (TPSA) is 184 Å². The molecule has 0 aromatic heterocycles. The Kier molecular flexibility index (Phi) is 9.76. The van der Waals surface area contributed by atoms with Gasteiger partial charge in [-0.1, -0.05) is 30.3 Å². The number of carboxylic acids is 2. The summed E-state index contributed by atoms with van der Waals surface area (Å²) in [5.41, 5.74) is 11.2. The van der Waals surface area contributed by atoms with Crippen LogP contribution in [0.2, 0.25) is 0 Å². The summed E-state index contributed by atoms with van der Waals surface area (Å²) in [6.45, 7) is 1.66. The summed E-state index contributed by atoms with van der Waals surface area (Å²) in [6, 6.07) is 10.1. The number of carbonyl (C=O) groups excluding carboxylic acids is 1. The monoisotopic (exact) mass is 374 g/mol. The lowest BCUT2D eigenvalue weighted by atomic mass is 10.1. The Hall–Kier alpha value is -2.14. The van der Waals surface area contributed by atoms with E-state index >= 15 is 0 Å². The van der Waals surface area contributed by atoms with Gasteiger partial charge >= 0.3 is 11.9 Å². The first kappa shape index (κ1) is 22.9. The molecule has 1 aromatic carbocycles. The number of hydrogen-bond donors (Lipinski definition) is 6. The van der Waals surface area contributed by atoms with Crippen molar-refractivity contribution in [3.8, 4) is 0 Å². The molecule has 9 nitrogen and oxygen atoms in total. The van der Waals surface area contributed by atoms with Gasteiger partial charge in [-0.05, 0) is 12.5 Å². The SMILES string of the molecule is C[C@@](N)(CSCc1ccccc1)C(N)=O.O=C(O)[C@H](O)[C@@H](O)C(=O)O. The van der Waals surface area contributed by atoms with Gasteiger partial charge in [0.05, 0.1) is 0 Å². The van der Waals surface area contributed by atoms with Crippen LogP contribution in [0.1, 0.15) is 12.5 Å². The van der Waals surface area contributed by atoms with Gasteiger partial charge in [-0.2, -0.15) is 11.8 Å². The molecule has 0 radical (unpaired) electrons. The van der Waals surface area contributed by atoms with E-state index in [4.69, 9.17) is 31.9 Å². The molecule has 0 saturated carbocycles. The number of nitrogens with two attached hydrogens (primary N) is 2. The van der Waals surface area contributed by atoms with Crippen LogP contribution in [0.3, 0.4) is 0 Å². The predicted molar refractivity (Wildman–Crippen MR) is 91.7 cm³/mol. The normalized spacial score (nSPS) is 15.0. The highest BCUT2D eigenvalue weighted by Crippen LogP contribution is 2.16. The Morgan fingerprint density at radius 2 is 1.52 bits per heavy atom. The Morgan fingerprint density at radius 3 is 1.88 bits per heavy atom. The average molecular weight is 374 g/mol. The van der Waals surface area contributed by atoms with Crippen molar-refractivity contribution in [3.05, 3.63) is 35.9 Å². The third-order valence-electron chi connectivity index (χ3n) is 2.88. The highest BCUT2D eigenvalue weighted by atomic mass is 32.2. The number of benzene rings is 1. The number of aliphatic carboxylic acids is 2. The number of carboxylic acid groups (broad SMARTS) is 2. The molecule has 0 aliphatic rings. The van der Waals surface area contributed by atoms with Crippen LogP contribution in [0.25, 0.3) is 0 Å². The molecule has 0 aliphatic carbocycles. The minimum absolute atomic E-state index is 0.455. The zero-order valence-electron chi connectivity index (χ0n) is 13.5. The van der Waals surface area contributed by atoms with E-state index in [-0.39, 0.29) is 0 Å². The summed E-state index contributed by atoms with van der Waals surface area (Å²) in [6.07, 6.45) is -4.53. The maximum absolute atomic E-state index is 10.9. The largest absolute Gasteiger partial charge is 0.479 e. The predicted octanol–water partition coefficient (Wildman–Crippen LogP) is -1.00. The van der Waals surface area contributed by atoms with Gasteiger partial charge in [0.2, 0.25) is 5.91 Å². The van der Waals surface area contributed by atoms with E-state index < -0.39 is 35.6 Å². The first-order valence-corrected chi connectivity index (χ1v) is 8.16. The molecule has 0 bridgehead atoms. The molecule has 1 rings (SSSR count). The Bertz CT molecular complexity index is 563. The molecule has 140 valence electrons. The fourth-order valence-corrected chi connectivity index (χ4v) is 2.39. The molecule has 0 saturated heterocycles. The van der Waals surface area contributed by atoms with Crippen molar-refractivity contribution in [2.24, 2.45) is 11.5 Å². The molecule has 0 aliphatic heterocycles. The quantitative estimate of drug-likeness (QED) is 0.332. The minimum Gasteiger partial charge on any atom is -0.479 e. The van der Waals surface area contributed by atoms with Crippen molar-refractivity contribution >= 4 is 29.6 Å². The highest BCUT2D eigenvalue weighted by Gasteiger charge is 2.29. The van der Waals surface area contributed by atoms with Gasteiger partial charge in [0.15, 0.2) is 12.2 Å². The molecular weight excluding hydrogens is 352 g/mol. The highest BCUT2D eigenvalue weighted by molar-refractivity contribution is 7.98. The standard InChI is InChI=1S/C11H16N2OS.C4H6O6/c1-11(13,10(12)14)8-15-7-9-5-3-2-4-6-9;5-1(3(7)8)2(6)4(9)10/h2-6H,7-8,13H2,1H3,(H2,12,14);1-2,5-6H,(H,7,8)(H,9,10)/t11-;1-,2-/m11/s1. The fraction of sp³-hybridized carbons (Fsp3) is 0.400. The summed E-state index contributed by atoms with van der Waals surface area (Å²) in [4.78, 5) is 30.5. The zero-order valence-corrected chi connectivity index (χ0v) is 14.3. The van der Waals surface area contributed by atoms with Crippen molar-refractivity contribution in [1.82, 2.24) is 0 Å². The summed E-state index contributed by atoms with van der Waals surface area (Å²) < 4.78 is 0. The molecule has 8 N–H and O–H groups in total. The lowest BCUT2D eigenvalue weighted by Gasteiger charge is -2.19. The van der Waals surface area contributed by atoms with Crippen molar-refractivity contribution in [2.75, 3.05) is 5.75 Å². The number of aliphatic hydroxyl groups is 2. The van der Waals surface area contributed by atoms with Gasteiger partial charge in [0, 0.05) is 11.5 Å². The van der Waals surface area contributed by atoms with Crippen LogP contribution in [0.15, 0.2) is 30.3 Å². The van der Waals surface area contributed by atoms with Crippen LogP contribution in [0.4, 0.5) is 0 Å². The van der Waals surface area contributed by atoms with Gasteiger partial charge in [0.1, 0.15) is 5.54 Å². The molecule has 1 amide bonds. The van der Waals surface area contributed by atoms with Gasteiger partial charge < -0.3 is 31.9 Å². The minimum atomic E-state index is -2.27. The summed E-state index contributed by atoms with van der Waals surface area (Å²) in [5, 5.41) is 32.5. The Morgan fingerprint density at radius 1 is 1.08 bits per heavy atom. The van der Waals surface area contributed by atoms with Crippen molar-refractivity contribution in [2.45, 2.75) is 30.4 Å². The number of hydrogen-bond acceptors (Lipinski definition) is 7. The van der Waals surface area contributed by atoms with Crippen LogP contribution in [0.5, 0.6) is 0 Å². The van der Waals surface area contributed by atoms with E-state index in [0.29, 0.717) is 5.75 Å². The van der Waals surface area contributed by atoms with E-state index in [0.717, 1.165) is 5.75 Å². The van der Waals surface area contributed by atoms with Crippen molar-refractivity contribution < 1.29 is 34.8 Å². The lowest BCUT2D eigenvalue weighted by Crippen LogP contribution is -2.51.